The summed E-state index contributed by atoms with van der Waals surface area (Å²) in [7, 11) is -4.03. The standard InChI is InChI=1S/C19H21F3N2O3S/c1-12-8-9-13(2)17(10-12)23-18(25)14(3)24(28(4,26)27)16-7-5-6-15(11-16)19(20,21)22/h5-11,14H,1-4H3,(H,23,25)/t14-/m1/s1. The Morgan fingerprint density at radius 2 is 1.75 bits per heavy atom. The molecule has 0 heterocycles. The molecular formula is C19H21F3N2O3S. The highest BCUT2D eigenvalue weighted by Gasteiger charge is 2.34. The van der Waals surface area contributed by atoms with E-state index in [1.54, 1.807) is 19.1 Å². The van der Waals surface area contributed by atoms with Gasteiger partial charge in [-0.15, -0.1) is 0 Å². The number of hydrogen-bond acceptors (Lipinski definition) is 3. The van der Waals surface area contributed by atoms with E-state index in [1.807, 2.05) is 13.0 Å². The molecule has 0 aromatic heterocycles. The minimum atomic E-state index is -4.64. The Morgan fingerprint density at radius 3 is 2.32 bits per heavy atom. The van der Waals surface area contributed by atoms with Gasteiger partial charge in [-0.05, 0) is 56.2 Å². The number of nitrogens with zero attached hydrogens (tertiary/aromatic N) is 1. The van der Waals surface area contributed by atoms with Gasteiger partial charge in [0.2, 0.25) is 15.9 Å². The summed E-state index contributed by atoms with van der Waals surface area (Å²) in [6.07, 6.45) is -3.79. The van der Waals surface area contributed by atoms with Crippen LogP contribution in [0.15, 0.2) is 42.5 Å². The average Bonchev–Trinajstić information content (AvgIpc) is 2.56. The van der Waals surface area contributed by atoms with Gasteiger partial charge in [-0.2, -0.15) is 13.2 Å². The summed E-state index contributed by atoms with van der Waals surface area (Å²) < 4.78 is 64.3. The maximum atomic E-state index is 13.0. The fraction of sp³-hybridized carbons (Fsp3) is 0.316. The molecule has 2 aromatic rings. The average molecular weight is 414 g/mol. The van der Waals surface area contributed by atoms with Crippen molar-refractivity contribution < 1.29 is 26.4 Å². The lowest BCUT2D eigenvalue weighted by atomic mass is 10.1. The third-order valence-electron chi connectivity index (χ3n) is 4.17. The molecule has 0 aliphatic carbocycles. The predicted molar refractivity (Wildman–Crippen MR) is 103 cm³/mol. The molecule has 0 bridgehead atoms. The van der Waals surface area contributed by atoms with Crippen molar-refractivity contribution >= 4 is 27.3 Å². The van der Waals surface area contributed by atoms with Crippen LogP contribution in [0.25, 0.3) is 0 Å². The van der Waals surface area contributed by atoms with E-state index in [4.69, 9.17) is 0 Å². The number of sulfonamides is 1. The number of benzene rings is 2. The lowest BCUT2D eigenvalue weighted by molar-refractivity contribution is -0.137. The van der Waals surface area contributed by atoms with E-state index in [2.05, 4.69) is 5.32 Å². The Bertz CT molecular complexity index is 988. The number of nitrogens with one attached hydrogen (secondary N) is 1. The van der Waals surface area contributed by atoms with Gasteiger partial charge in [0.15, 0.2) is 0 Å². The lowest BCUT2D eigenvalue weighted by Gasteiger charge is -2.29. The van der Waals surface area contributed by atoms with Crippen molar-refractivity contribution in [2.75, 3.05) is 15.9 Å². The number of amides is 1. The first-order valence-electron chi connectivity index (χ1n) is 8.35. The lowest BCUT2D eigenvalue weighted by Crippen LogP contribution is -2.45. The number of carbonyl (C=O) groups is 1. The molecule has 0 saturated carbocycles. The Kier molecular flexibility index (Phi) is 6.08. The van der Waals surface area contributed by atoms with Crippen LogP contribution in [0.4, 0.5) is 24.5 Å². The Labute approximate surface area is 162 Å². The van der Waals surface area contributed by atoms with Crippen LogP contribution >= 0.6 is 0 Å². The molecule has 0 fully saturated rings. The van der Waals surface area contributed by atoms with Crippen LogP contribution in [0, 0.1) is 13.8 Å². The first-order chi connectivity index (χ1) is 12.8. The summed E-state index contributed by atoms with van der Waals surface area (Å²) in [6.45, 7) is 4.94. The molecule has 0 aliphatic rings. The van der Waals surface area contributed by atoms with Crippen molar-refractivity contribution in [1.29, 1.82) is 0 Å². The number of anilines is 2. The summed E-state index contributed by atoms with van der Waals surface area (Å²) in [5, 5.41) is 2.65. The molecule has 9 heteroatoms. The monoisotopic (exact) mass is 414 g/mol. The van der Waals surface area contributed by atoms with Crippen molar-refractivity contribution in [3.8, 4) is 0 Å². The van der Waals surface area contributed by atoms with E-state index < -0.39 is 33.7 Å². The molecule has 28 heavy (non-hydrogen) atoms. The number of hydrogen-bond donors (Lipinski definition) is 1. The highest BCUT2D eigenvalue weighted by atomic mass is 32.2. The topological polar surface area (TPSA) is 66.5 Å². The summed E-state index contributed by atoms with van der Waals surface area (Å²) in [4.78, 5) is 12.7. The molecule has 0 aliphatic heterocycles. The summed E-state index contributed by atoms with van der Waals surface area (Å²) in [5.41, 5.74) is 0.943. The fourth-order valence-electron chi connectivity index (χ4n) is 2.74. The van der Waals surface area contributed by atoms with Gasteiger partial charge in [0.05, 0.1) is 17.5 Å². The predicted octanol–water partition coefficient (Wildman–Crippen LogP) is 4.12. The molecule has 152 valence electrons. The van der Waals surface area contributed by atoms with Crippen molar-refractivity contribution in [3.63, 3.8) is 0 Å². The zero-order valence-electron chi connectivity index (χ0n) is 15.8. The molecular weight excluding hydrogens is 393 g/mol. The van der Waals surface area contributed by atoms with Gasteiger partial charge >= 0.3 is 6.18 Å². The largest absolute Gasteiger partial charge is 0.416 e. The van der Waals surface area contributed by atoms with Gasteiger partial charge in [-0.1, -0.05) is 18.2 Å². The highest BCUT2D eigenvalue weighted by Crippen LogP contribution is 2.33. The molecule has 0 spiro atoms. The third-order valence-corrected chi connectivity index (χ3v) is 5.41. The second-order valence-corrected chi connectivity index (χ2v) is 8.45. The molecule has 2 aromatic carbocycles. The van der Waals surface area contributed by atoms with Gasteiger partial charge < -0.3 is 5.32 Å². The Morgan fingerprint density at radius 1 is 1.11 bits per heavy atom. The van der Waals surface area contributed by atoms with Crippen LogP contribution < -0.4 is 9.62 Å². The quantitative estimate of drug-likeness (QED) is 0.801. The summed E-state index contributed by atoms with van der Waals surface area (Å²) >= 11 is 0. The molecule has 1 amide bonds. The second kappa shape index (κ2) is 7.83. The van der Waals surface area contributed by atoms with Gasteiger partial charge in [0, 0.05) is 5.69 Å². The number of carbonyl (C=O) groups excluding carboxylic acids is 1. The summed E-state index contributed by atoms with van der Waals surface area (Å²) in [6, 6.07) is 8.00. The molecule has 5 nitrogen and oxygen atoms in total. The fourth-order valence-corrected chi connectivity index (χ4v) is 3.90. The first-order valence-corrected chi connectivity index (χ1v) is 10.2. The highest BCUT2D eigenvalue weighted by molar-refractivity contribution is 7.92. The van der Waals surface area contributed by atoms with Crippen LogP contribution in [-0.2, 0) is 21.0 Å². The van der Waals surface area contributed by atoms with E-state index in [0.29, 0.717) is 16.1 Å². The van der Waals surface area contributed by atoms with Gasteiger partial charge in [-0.25, -0.2) is 8.42 Å². The molecule has 2 rings (SSSR count). The van der Waals surface area contributed by atoms with Crippen molar-refractivity contribution in [2.24, 2.45) is 0 Å². The minimum Gasteiger partial charge on any atom is -0.324 e. The van der Waals surface area contributed by atoms with Crippen molar-refractivity contribution in [2.45, 2.75) is 33.0 Å². The Hall–Kier alpha value is -2.55. The number of aryl methyl sites for hydroxylation is 2. The van der Waals surface area contributed by atoms with Crippen LogP contribution in [0.1, 0.15) is 23.6 Å². The normalized spacial score (nSPS) is 13.1. The molecule has 0 unspecified atom stereocenters. The van der Waals surface area contributed by atoms with Crippen molar-refractivity contribution in [1.82, 2.24) is 0 Å². The Balaban J connectivity index is 2.41. The SMILES string of the molecule is Cc1ccc(C)c(NC(=O)[C@@H](C)N(c2cccc(C(F)(F)F)c2)S(C)(=O)=O)c1. The van der Waals surface area contributed by atoms with E-state index in [-0.39, 0.29) is 5.69 Å². The maximum Gasteiger partial charge on any atom is 0.416 e. The van der Waals surface area contributed by atoms with Crippen LogP contribution in [0.3, 0.4) is 0 Å². The zero-order chi connectivity index (χ0) is 21.3. The number of halogens is 3. The molecule has 0 saturated heterocycles. The minimum absolute atomic E-state index is 0.235. The van der Waals surface area contributed by atoms with Crippen LogP contribution in [-0.4, -0.2) is 26.6 Å². The smallest absolute Gasteiger partial charge is 0.324 e. The van der Waals surface area contributed by atoms with Crippen molar-refractivity contribution in [3.05, 3.63) is 59.2 Å². The number of rotatable bonds is 5. The molecule has 1 atom stereocenters. The third kappa shape index (κ3) is 5.03. The van der Waals surface area contributed by atoms with Gasteiger partial charge in [0.25, 0.3) is 0 Å². The molecule has 1 N–H and O–H groups in total. The van der Waals surface area contributed by atoms with E-state index in [9.17, 15) is 26.4 Å². The van der Waals surface area contributed by atoms with E-state index in [0.717, 1.165) is 29.5 Å². The zero-order valence-corrected chi connectivity index (χ0v) is 16.6. The molecule has 0 radical (unpaired) electrons. The van der Waals surface area contributed by atoms with Crippen LogP contribution in [0.5, 0.6) is 0 Å². The van der Waals surface area contributed by atoms with Gasteiger partial charge in [-0.3, -0.25) is 9.10 Å². The van der Waals surface area contributed by atoms with Crippen LogP contribution in [0.2, 0.25) is 0 Å². The number of alkyl halides is 3. The summed E-state index contributed by atoms with van der Waals surface area (Å²) in [5.74, 6) is -0.656. The van der Waals surface area contributed by atoms with E-state index in [1.165, 1.54) is 13.0 Å². The first kappa shape index (κ1) is 21.7. The van der Waals surface area contributed by atoms with Gasteiger partial charge in [0.1, 0.15) is 6.04 Å². The van der Waals surface area contributed by atoms with E-state index >= 15 is 0 Å². The maximum absolute atomic E-state index is 13.0. The second-order valence-electron chi connectivity index (χ2n) is 6.59.